The van der Waals surface area contributed by atoms with Crippen molar-refractivity contribution in [1.82, 2.24) is 5.32 Å². The van der Waals surface area contributed by atoms with Crippen LogP contribution in [0.1, 0.15) is 18.4 Å². The summed E-state index contributed by atoms with van der Waals surface area (Å²) in [7, 11) is 2.76. The molecule has 0 unspecified atom stereocenters. The van der Waals surface area contributed by atoms with Crippen LogP contribution in [0, 0.1) is 17.1 Å². The second kappa shape index (κ2) is 10.7. The molecule has 2 aromatic carbocycles. The van der Waals surface area contributed by atoms with Gasteiger partial charge in [-0.05, 0) is 25.1 Å². The van der Waals surface area contributed by atoms with Crippen molar-refractivity contribution in [2.24, 2.45) is 0 Å². The van der Waals surface area contributed by atoms with Crippen LogP contribution in [0.2, 0.25) is 0 Å². The van der Waals surface area contributed by atoms with Gasteiger partial charge in [-0.1, -0.05) is 42.1 Å². The smallest absolute Gasteiger partial charge is 0.316 e. The summed E-state index contributed by atoms with van der Waals surface area (Å²) in [5, 5.41) is 16.2. The molecule has 170 valence electrons. The summed E-state index contributed by atoms with van der Waals surface area (Å²) in [6, 6.07) is 15.0. The van der Waals surface area contributed by atoms with Gasteiger partial charge in [0.15, 0.2) is 0 Å². The number of para-hydroxylation sites is 2. The van der Waals surface area contributed by atoms with E-state index in [9.17, 15) is 19.2 Å². The summed E-state index contributed by atoms with van der Waals surface area (Å²) in [5.74, 6) is -2.11. The molecular weight excluding hydrogens is 445 g/mol. The summed E-state index contributed by atoms with van der Waals surface area (Å²) in [5.41, 5.74) is 1.36. The fourth-order valence-corrected chi connectivity index (χ4v) is 4.40. The zero-order valence-corrected chi connectivity index (χ0v) is 19.1. The Morgan fingerprint density at radius 3 is 2.55 bits per heavy atom. The molecule has 3 rings (SSSR count). The standard InChI is InChI=1S/C24H22FN3O4S/c1-14-21(23(30)28-18-10-6-7-11-19(18)31-2)22(15-8-4-5-9-17(15)25)16(12-26)24(27-14)33-13-20(29)32-3/h4-11,22,27H,13H2,1-3H3,(H,28,30)/t22-/m0/s1. The van der Waals surface area contributed by atoms with Crippen molar-refractivity contribution >= 4 is 29.3 Å². The first-order chi connectivity index (χ1) is 15.9. The highest BCUT2D eigenvalue weighted by Crippen LogP contribution is 2.42. The highest BCUT2D eigenvalue weighted by Gasteiger charge is 2.36. The Hall–Kier alpha value is -3.77. The number of nitrogens with zero attached hydrogens (tertiary/aromatic N) is 1. The van der Waals surface area contributed by atoms with Crippen LogP contribution in [0.15, 0.2) is 70.4 Å². The number of halogens is 1. The van der Waals surface area contributed by atoms with Gasteiger partial charge in [0.2, 0.25) is 0 Å². The van der Waals surface area contributed by atoms with E-state index in [-0.39, 0.29) is 22.5 Å². The van der Waals surface area contributed by atoms with Crippen LogP contribution in [0.4, 0.5) is 10.1 Å². The van der Waals surface area contributed by atoms with Crippen LogP contribution in [0.25, 0.3) is 0 Å². The third-order valence-electron chi connectivity index (χ3n) is 5.03. The number of benzene rings is 2. The molecule has 33 heavy (non-hydrogen) atoms. The number of ether oxygens (including phenoxy) is 2. The molecule has 7 nitrogen and oxygen atoms in total. The van der Waals surface area contributed by atoms with Gasteiger partial charge in [0.1, 0.15) is 11.6 Å². The third kappa shape index (κ3) is 5.18. The van der Waals surface area contributed by atoms with Gasteiger partial charge < -0.3 is 20.1 Å². The number of allylic oxidation sites excluding steroid dienone is 2. The maximum Gasteiger partial charge on any atom is 0.316 e. The first-order valence-corrected chi connectivity index (χ1v) is 10.9. The Morgan fingerprint density at radius 2 is 1.88 bits per heavy atom. The average molecular weight is 468 g/mol. The topological polar surface area (TPSA) is 100 Å². The van der Waals surface area contributed by atoms with E-state index in [0.717, 1.165) is 11.8 Å². The van der Waals surface area contributed by atoms with E-state index < -0.39 is 23.6 Å². The molecule has 0 saturated carbocycles. The molecule has 1 amide bonds. The van der Waals surface area contributed by atoms with Crippen LogP contribution in [0.5, 0.6) is 5.75 Å². The number of nitrogens with one attached hydrogen (secondary N) is 2. The van der Waals surface area contributed by atoms with Crippen LogP contribution in [-0.2, 0) is 14.3 Å². The number of methoxy groups -OCH3 is 2. The minimum Gasteiger partial charge on any atom is -0.495 e. The molecule has 0 radical (unpaired) electrons. The van der Waals surface area contributed by atoms with Crippen molar-refractivity contribution in [1.29, 1.82) is 5.26 Å². The maximum absolute atomic E-state index is 14.9. The Morgan fingerprint density at radius 1 is 1.18 bits per heavy atom. The molecule has 0 aromatic heterocycles. The van der Waals surface area contributed by atoms with E-state index in [0.29, 0.717) is 22.2 Å². The lowest BCUT2D eigenvalue weighted by Crippen LogP contribution is -2.31. The van der Waals surface area contributed by atoms with Gasteiger partial charge >= 0.3 is 5.97 Å². The number of carbonyl (C=O) groups excluding carboxylic acids is 2. The third-order valence-corrected chi connectivity index (χ3v) is 6.02. The van der Waals surface area contributed by atoms with E-state index in [2.05, 4.69) is 21.4 Å². The van der Waals surface area contributed by atoms with Crippen molar-refractivity contribution in [3.8, 4) is 11.8 Å². The lowest BCUT2D eigenvalue weighted by atomic mass is 9.82. The number of rotatable bonds is 7. The quantitative estimate of drug-likeness (QED) is 0.592. The molecule has 0 bridgehead atoms. The maximum atomic E-state index is 14.9. The van der Waals surface area contributed by atoms with Crippen LogP contribution in [-0.4, -0.2) is 31.8 Å². The highest BCUT2D eigenvalue weighted by atomic mass is 32.2. The number of esters is 1. The van der Waals surface area contributed by atoms with Gasteiger partial charge in [-0.2, -0.15) is 5.26 Å². The second-order valence-corrected chi connectivity index (χ2v) is 7.98. The predicted molar refractivity (Wildman–Crippen MR) is 124 cm³/mol. The average Bonchev–Trinajstić information content (AvgIpc) is 2.82. The molecular formula is C24H22FN3O4S. The van der Waals surface area contributed by atoms with Crippen LogP contribution in [0.3, 0.4) is 0 Å². The Bertz CT molecular complexity index is 1190. The molecule has 0 spiro atoms. The first-order valence-electron chi connectivity index (χ1n) is 9.91. The van der Waals surface area contributed by atoms with E-state index in [4.69, 9.17) is 4.74 Å². The van der Waals surface area contributed by atoms with Gasteiger partial charge in [-0.15, -0.1) is 0 Å². The molecule has 0 saturated heterocycles. The summed E-state index contributed by atoms with van der Waals surface area (Å²) in [6.45, 7) is 1.66. The van der Waals surface area contributed by atoms with Crippen molar-refractivity contribution < 1.29 is 23.5 Å². The van der Waals surface area contributed by atoms with E-state index in [1.54, 1.807) is 37.3 Å². The van der Waals surface area contributed by atoms with Gasteiger partial charge in [0, 0.05) is 16.8 Å². The van der Waals surface area contributed by atoms with Gasteiger partial charge in [0.05, 0.1) is 48.2 Å². The van der Waals surface area contributed by atoms with Crippen molar-refractivity contribution in [3.05, 3.63) is 81.8 Å². The van der Waals surface area contributed by atoms with E-state index >= 15 is 0 Å². The summed E-state index contributed by atoms with van der Waals surface area (Å²) < 4.78 is 24.9. The minimum absolute atomic E-state index is 0.0516. The lowest BCUT2D eigenvalue weighted by Gasteiger charge is -2.30. The largest absolute Gasteiger partial charge is 0.495 e. The van der Waals surface area contributed by atoms with Crippen LogP contribution < -0.4 is 15.4 Å². The predicted octanol–water partition coefficient (Wildman–Crippen LogP) is 4.08. The molecule has 9 heteroatoms. The van der Waals surface area contributed by atoms with Crippen molar-refractivity contribution in [3.63, 3.8) is 0 Å². The number of hydrogen-bond donors (Lipinski definition) is 2. The highest BCUT2D eigenvalue weighted by molar-refractivity contribution is 8.03. The molecule has 2 N–H and O–H groups in total. The molecule has 1 atom stereocenters. The number of dihydropyridines is 1. The van der Waals surface area contributed by atoms with Crippen molar-refractivity contribution in [2.45, 2.75) is 12.8 Å². The summed E-state index contributed by atoms with van der Waals surface area (Å²) in [4.78, 5) is 25.1. The Kier molecular flexibility index (Phi) is 7.74. The molecule has 1 heterocycles. The molecule has 2 aromatic rings. The number of carbonyl (C=O) groups is 2. The van der Waals surface area contributed by atoms with Crippen molar-refractivity contribution in [2.75, 3.05) is 25.3 Å². The summed E-state index contributed by atoms with van der Waals surface area (Å²) in [6.07, 6.45) is 0. The zero-order valence-electron chi connectivity index (χ0n) is 18.3. The monoisotopic (exact) mass is 467 g/mol. The lowest BCUT2D eigenvalue weighted by molar-refractivity contribution is -0.137. The molecule has 1 aliphatic rings. The van der Waals surface area contributed by atoms with Gasteiger partial charge in [0.25, 0.3) is 5.91 Å². The SMILES string of the molecule is COC(=O)CSC1=C(C#N)[C@H](c2ccccc2F)C(C(=O)Nc2ccccc2OC)=C(C)N1. The number of amides is 1. The second-order valence-electron chi connectivity index (χ2n) is 6.99. The number of nitriles is 1. The minimum atomic E-state index is -0.979. The number of thioether (sulfide) groups is 1. The summed E-state index contributed by atoms with van der Waals surface area (Å²) >= 11 is 1.06. The first kappa shape index (κ1) is 23.9. The Balaban J connectivity index is 2.08. The fourth-order valence-electron chi connectivity index (χ4n) is 3.48. The zero-order chi connectivity index (χ0) is 24.0. The van der Waals surface area contributed by atoms with Gasteiger partial charge in [-0.3, -0.25) is 9.59 Å². The van der Waals surface area contributed by atoms with Crippen LogP contribution >= 0.6 is 11.8 Å². The normalized spacial score (nSPS) is 15.4. The number of anilines is 1. The molecule has 0 aliphatic carbocycles. The fraction of sp³-hybridized carbons (Fsp3) is 0.208. The van der Waals surface area contributed by atoms with E-state index in [1.165, 1.54) is 32.4 Å². The number of hydrogen-bond acceptors (Lipinski definition) is 7. The Labute approximate surface area is 195 Å². The molecule has 0 fully saturated rings. The molecule has 1 aliphatic heterocycles. The van der Waals surface area contributed by atoms with Gasteiger partial charge in [-0.25, -0.2) is 4.39 Å². The van der Waals surface area contributed by atoms with E-state index in [1.807, 2.05) is 0 Å².